The molecule has 5 aromatic rings. The Balaban J connectivity index is 1.54. The zero-order chi connectivity index (χ0) is 39.1. The van der Waals surface area contributed by atoms with E-state index in [9.17, 15) is 5.11 Å². The molecule has 5 aromatic carbocycles. The molecule has 0 bridgehead atoms. The van der Waals surface area contributed by atoms with Gasteiger partial charge in [-0.25, -0.2) is 0 Å². The fraction of sp³-hybridized carbons (Fsp3) is 0.333. The lowest BCUT2D eigenvalue weighted by Gasteiger charge is -2.36. The lowest BCUT2D eigenvalue weighted by Crippen LogP contribution is -2.40. The van der Waals surface area contributed by atoms with E-state index in [1.165, 1.54) is 0 Å². The topological polar surface area (TPSA) is 66.4 Å². The lowest BCUT2D eigenvalue weighted by molar-refractivity contribution is 0.161. The number of allylic oxidation sites excluding steroid dienone is 1. The first kappa shape index (κ1) is 41.3. The van der Waals surface area contributed by atoms with Crippen molar-refractivity contribution in [3.05, 3.63) is 162 Å². The average Bonchev–Trinajstić information content (AvgIpc) is 3.19. The summed E-state index contributed by atoms with van der Waals surface area (Å²) in [5.41, 5.74) is 4.73. The zero-order valence-electron chi connectivity index (χ0n) is 33.3. The molecule has 0 heterocycles. The molecule has 0 aliphatic carbocycles. The van der Waals surface area contributed by atoms with Crippen molar-refractivity contribution in [1.82, 2.24) is 0 Å². The maximum Gasteiger partial charge on any atom is 0.211 e. The van der Waals surface area contributed by atoms with Crippen LogP contribution in [0, 0.1) is 0 Å². The highest BCUT2D eigenvalue weighted by atomic mass is 28.4. The van der Waals surface area contributed by atoms with Crippen molar-refractivity contribution in [2.75, 3.05) is 0 Å². The van der Waals surface area contributed by atoms with Gasteiger partial charge in [-0.3, -0.25) is 0 Å². The molecule has 1 N–H and O–H groups in total. The van der Waals surface area contributed by atoms with Crippen LogP contribution in [0.5, 0.6) is 28.7 Å². The monoisotopic (exact) mass is 758 g/mol. The van der Waals surface area contributed by atoms with Crippen LogP contribution < -0.4 is 18.9 Å². The van der Waals surface area contributed by atoms with Gasteiger partial charge in [-0.1, -0.05) is 131 Å². The fourth-order valence-electron chi connectivity index (χ4n) is 5.74. The van der Waals surface area contributed by atoms with Crippen LogP contribution >= 0.6 is 0 Å². The Hall–Kier alpha value is -4.82. The minimum atomic E-state index is -2.06. The summed E-state index contributed by atoms with van der Waals surface area (Å²) < 4.78 is 33.0. The molecular weight excluding hydrogens is 701 g/mol. The quantitative estimate of drug-likeness (QED) is 0.0457. The summed E-state index contributed by atoms with van der Waals surface area (Å²) in [6.07, 6.45) is 5.79. The smallest absolute Gasteiger partial charge is 0.211 e. The standard InChI is InChI=1S/C48H58O6Si/c1-7-8-9-10-20-27-44(49)41-30-45(51-34-38-23-16-12-17-24-38)47(46(31-41)52-35-39-25-18-13-19-26-39)54-43-29-40(36-53-55(5,6)48(2,3)4)28-42(32-43)50-33-37-21-14-11-15-22-37/h7,11-19,21-26,28-32,44,49H,1,8-10,20,27,33-36H2,2-6H3/t44-/m1/s1. The van der Waals surface area contributed by atoms with Gasteiger partial charge in [0.25, 0.3) is 0 Å². The molecule has 0 radical (unpaired) electrons. The van der Waals surface area contributed by atoms with Crippen LogP contribution in [0.15, 0.2) is 134 Å². The Bertz CT molecular complexity index is 1840. The number of ether oxygens (including phenoxy) is 4. The van der Waals surface area contributed by atoms with E-state index in [0.717, 1.165) is 47.9 Å². The van der Waals surface area contributed by atoms with Crippen LogP contribution in [0.4, 0.5) is 0 Å². The SMILES string of the molecule is C=CCCCCC[C@@H](O)c1cc(OCc2ccccc2)c(Oc2cc(CO[Si](C)(C)C(C)(C)C)cc(OCc3ccccc3)c2)c(OCc2ccccc2)c1. The van der Waals surface area contributed by atoms with Crippen molar-refractivity contribution in [3.8, 4) is 28.7 Å². The summed E-state index contributed by atoms with van der Waals surface area (Å²) in [7, 11) is -2.06. The summed E-state index contributed by atoms with van der Waals surface area (Å²) in [6.45, 7) is 16.5. The number of hydrogen-bond acceptors (Lipinski definition) is 6. The molecule has 0 saturated heterocycles. The number of unbranched alkanes of at least 4 members (excludes halogenated alkanes) is 3. The van der Waals surface area contributed by atoms with Gasteiger partial charge >= 0.3 is 0 Å². The predicted octanol–water partition coefficient (Wildman–Crippen LogP) is 12.9. The van der Waals surface area contributed by atoms with Crippen LogP contribution in [0.2, 0.25) is 18.1 Å². The van der Waals surface area contributed by atoms with Crippen LogP contribution in [0.3, 0.4) is 0 Å². The van der Waals surface area contributed by atoms with E-state index in [4.69, 9.17) is 23.4 Å². The van der Waals surface area contributed by atoms with Crippen LogP contribution in [-0.2, 0) is 30.9 Å². The van der Waals surface area contributed by atoms with Crippen molar-refractivity contribution >= 4 is 8.32 Å². The molecule has 0 amide bonds. The molecule has 0 aliphatic heterocycles. The average molecular weight is 759 g/mol. The first-order valence-electron chi connectivity index (χ1n) is 19.4. The van der Waals surface area contributed by atoms with Crippen molar-refractivity contribution in [1.29, 1.82) is 0 Å². The number of hydrogen-bond donors (Lipinski definition) is 1. The minimum Gasteiger partial charge on any atom is -0.489 e. The highest BCUT2D eigenvalue weighted by Gasteiger charge is 2.37. The third-order valence-corrected chi connectivity index (χ3v) is 14.6. The van der Waals surface area contributed by atoms with Crippen molar-refractivity contribution < 1.29 is 28.5 Å². The molecule has 0 aromatic heterocycles. The highest BCUT2D eigenvalue weighted by molar-refractivity contribution is 6.74. The Morgan fingerprint density at radius 2 is 1.13 bits per heavy atom. The highest BCUT2D eigenvalue weighted by Crippen LogP contribution is 2.45. The van der Waals surface area contributed by atoms with E-state index in [1.54, 1.807) is 0 Å². The minimum absolute atomic E-state index is 0.0572. The fourth-order valence-corrected chi connectivity index (χ4v) is 6.70. The van der Waals surface area contributed by atoms with Gasteiger partial charge in [-0.15, -0.1) is 6.58 Å². The largest absolute Gasteiger partial charge is 0.489 e. The first-order chi connectivity index (χ1) is 26.5. The first-order valence-corrected chi connectivity index (χ1v) is 22.3. The molecule has 0 spiro atoms. The molecule has 6 nitrogen and oxygen atoms in total. The molecule has 5 rings (SSSR count). The molecule has 290 valence electrons. The van der Waals surface area contributed by atoms with Crippen molar-refractivity contribution in [2.24, 2.45) is 0 Å². The summed E-state index contributed by atoms with van der Waals surface area (Å²) in [6, 6.07) is 39.8. The van der Waals surface area contributed by atoms with Gasteiger partial charge in [-0.2, -0.15) is 0 Å². The maximum atomic E-state index is 11.5. The molecule has 1 atom stereocenters. The van der Waals surface area contributed by atoms with E-state index >= 15 is 0 Å². The molecule has 7 heteroatoms. The molecule has 0 unspecified atom stereocenters. The molecular formula is C48H58O6Si. The summed E-state index contributed by atoms with van der Waals surface area (Å²) in [4.78, 5) is 0. The van der Waals surface area contributed by atoms with Crippen molar-refractivity contribution in [2.45, 2.75) is 104 Å². The second-order valence-corrected chi connectivity index (χ2v) is 20.4. The van der Waals surface area contributed by atoms with E-state index in [-0.39, 0.29) is 5.04 Å². The van der Waals surface area contributed by atoms with E-state index < -0.39 is 14.4 Å². The van der Waals surface area contributed by atoms with Gasteiger partial charge in [0.1, 0.15) is 31.3 Å². The molecule has 0 aliphatic rings. The number of aliphatic hydroxyl groups is 1. The summed E-state index contributed by atoms with van der Waals surface area (Å²) >= 11 is 0. The van der Waals surface area contributed by atoms with Gasteiger partial charge in [0.15, 0.2) is 19.8 Å². The Morgan fingerprint density at radius 1 is 0.618 bits per heavy atom. The summed E-state index contributed by atoms with van der Waals surface area (Å²) in [5.74, 6) is 2.60. The van der Waals surface area contributed by atoms with Gasteiger partial charge in [0, 0.05) is 6.07 Å². The lowest BCUT2D eigenvalue weighted by atomic mass is 10.0. The van der Waals surface area contributed by atoms with Gasteiger partial charge in [0.05, 0.1) is 12.7 Å². The number of aliphatic hydroxyl groups excluding tert-OH is 1. The van der Waals surface area contributed by atoms with Gasteiger partial charge < -0.3 is 28.5 Å². The Morgan fingerprint density at radius 3 is 1.64 bits per heavy atom. The normalized spacial score (nSPS) is 12.2. The molecule has 55 heavy (non-hydrogen) atoms. The van der Waals surface area contributed by atoms with E-state index in [2.05, 4.69) is 40.4 Å². The zero-order valence-corrected chi connectivity index (χ0v) is 34.3. The van der Waals surface area contributed by atoms with Gasteiger partial charge in [0.2, 0.25) is 5.75 Å². The maximum absolute atomic E-state index is 11.5. The second-order valence-electron chi connectivity index (χ2n) is 15.6. The van der Waals surface area contributed by atoms with Crippen LogP contribution in [0.25, 0.3) is 0 Å². The van der Waals surface area contributed by atoms with E-state index in [0.29, 0.717) is 67.2 Å². The van der Waals surface area contributed by atoms with Crippen LogP contribution in [-0.4, -0.2) is 13.4 Å². The Kier molecular flexibility index (Phi) is 15.2. The molecule has 0 saturated carbocycles. The summed E-state index contributed by atoms with van der Waals surface area (Å²) in [5, 5.41) is 11.5. The second kappa shape index (κ2) is 20.2. The van der Waals surface area contributed by atoms with Gasteiger partial charge in [-0.05, 0) is 89.5 Å². The third kappa shape index (κ3) is 12.9. The number of rotatable bonds is 21. The number of benzene rings is 5. The third-order valence-electron chi connectivity index (χ3n) is 10.1. The van der Waals surface area contributed by atoms with Crippen LogP contribution in [0.1, 0.15) is 86.8 Å². The predicted molar refractivity (Wildman–Crippen MR) is 226 cm³/mol. The van der Waals surface area contributed by atoms with Crippen molar-refractivity contribution in [3.63, 3.8) is 0 Å². The Labute approximate surface area is 329 Å². The van der Waals surface area contributed by atoms with E-state index in [1.807, 2.05) is 127 Å². The molecule has 0 fully saturated rings.